The number of rotatable bonds is 2. The first kappa shape index (κ1) is 18.9. The number of aryl methyl sites for hydroxylation is 1. The number of carbonyl (C=O) groups excluding carboxylic acids is 2. The van der Waals surface area contributed by atoms with Gasteiger partial charge in [-0.25, -0.2) is 0 Å². The van der Waals surface area contributed by atoms with Crippen LogP contribution < -0.4 is 16.0 Å². The van der Waals surface area contributed by atoms with Gasteiger partial charge < -0.3 is 16.0 Å². The summed E-state index contributed by atoms with van der Waals surface area (Å²) in [6, 6.07) is 5.41. The van der Waals surface area contributed by atoms with Gasteiger partial charge in [0.2, 0.25) is 0 Å². The monoisotopic (exact) mass is 395 g/mol. The third-order valence-corrected chi connectivity index (χ3v) is 5.04. The summed E-state index contributed by atoms with van der Waals surface area (Å²) in [7, 11) is 0. The van der Waals surface area contributed by atoms with Crippen LogP contribution in [0.3, 0.4) is 0 Å². The maximum absolute atomic E-state index is 12.2. The number of amides is 2. The van der Waals surface area contributed by atoms with E-state index in [1.165, 1.54) is 0 Å². The average Bonchev–Trinajstić information content (AvgIpc) is 2.39. The van der Waals surface area contributed by atoms with Crippen LogP contribution in [0.4, 0.5) is 5.69 Å². The van der Waals surface area contributed by atoms with E-state index < -0.39 is 11.8 Å². The van der Waals surface area contributed by atoms with Crippen LogP contribution in [-0.4, -0.2) is 28.9 Å². The molecule has 5 nitrogen and oxygen atoms in total. The summed E-state index contributed by atoms with van der Waals surface area (Å²) in [5.74, 6) is -1.22. The van der Waals surface area contributed by atoms with Crippen molar-refractivity contribution < 1.29 is 9.59 Å². The summed E-state index contributed by atoms with van der Waals surface area (Å²) in [5.41, 5.74) is 1.44. The van der Waals surface area contributed by atoms with Gasteiger partial charge in [0.15, 0.2) is 0 Å². The number of benzene rings is 1. The fraction of sp³-hybridized carbons (Fsp3) is 0.556. The number of anilines is 1. The minimum atomic E-state index is -0.633. The molecule has 1 aliphatic rings. The summed E-state index contributed by atoms with van der Waals surface area (Å²) in [4.78, 5) is 24.4. The maximum Gasteiger partial charge on any atom is 0.313 e. The summed E-state index contributed by atoms with van der Waals surface area (Å²) in [5, 5.41) is 9.09. The SMILES string of the molecule is Cc1cc(NC(=O)C(=O)NC2CC(C)(C)NC(C)(C)C2)ccc1Br. The number of piperidine rings is 1. The number of hydrogen-bond donors (Lipinski definition) is 3. The van der Waals surface area contributed by atoms with Crippen LogP contribution in [0, 0.1) is 6.92 Å². The lowest BCUT2D eigenvalue weighted by molar-refractivity contribution is -0.137. The molecule has 0 spiro atoms. The van der Waals surface area contributed by atoms with Gasteiger partial charge in [-0.15, -0.1) is 0 Å². The third-order valence-electron chi connectivity index (χ3n) is 4.15. The van der Waals surface area contributed by atoms with Crippen molar-refractivity contribution in [1.29, 1.82) is 0 Å². The Hall–Kier alpha value is -1.40. The average molecular weight is 396 g/mol. The quantitative estimate of drug-likeness (QED) is 0.673. The van der Waals surface area contributed by atoms with Crippen LogP contribution >= 0.6 is 15.9 Å². The molecule has 1 heterocycles. The standard InChI is InChI=1S/C18H26BrN3O2/c1-11-8-12(6-7-14(11)19)20-15(23)16(24)21-13-9-17(2,3)22-18(4,5)10-13/h6-8,13,22H,9-10H2,1-5H3,(H,20,23)(H,21,24). The molecule has 2 amide bonds. The van der Waals surface area contributed by atoms with E-state index in [0.717, 1.165) is 22.9 Å². The summed E-state index contributed by atoms with van der Waals surface area (Å²) >= 11 is 3.41. The first-order valence-corrected chi connectivity index (χ1v) is 8.94. The van der Waals surface area contributed by atoms with Gasteiger partial charge in [0, 0.05) is 27.3 Å². The number of nitrogens with one attached hydrogen (secondary N) is 3. The van der Waals surface area contributed by atoms with Gasteiger partial charge in [-0.05, 0) is 71.2 Å². The molecule has 3 N–H and O–H groups in total. The molecule has 0 unspecified atom stereocenters. The largest absolute Gasteiger partial charge is 0.345 e. The van der Waals surface area contributed by atoms with E-state index in [9.17, 15) is 9.59 Å². The van der Waals surface area contributed by atoms with E-state index in [1.807, 2.05) is 19.1 Å². The van der Waals surface area contributed by atoms with Crippen LogP contribution in [0.15, 0.2) is 22.7 Å². The molecule has 132 valence electrons. The van der Waals surface area contributed by atoms with Gasteiger partial charge in [-0.3, -0.25) is 9.59 Å². The van der Waals surface area contributed by atoms with Crippen LogP contribution in [0.1, 0.15) is 46.1 Å². The van der Waals surface area contributed by atoms with Crippen molar-refractivity contribution in [3.63, 3.8) is 0 Å². The Morgan fingerprint density at radius 2 is 1.71 bits per heavy atom. The summed E-state index contributed by atoms with van der Waals surface area (Å²) < 4.78 is 0.962. The van der Waals surface area contributed by atoms with E-state index in [2.05, 4.69) is 59.6 Å². The van der Waals surface area contributed by atoms with Crippen molar-refractivity contribution in [1.82, 2.24) is 10.6 Å². The first-order chi connectivity index (χ1) is 11.0. The topological polar surface area (TPSA) is 70.2 Å². The van der Waals surface area contributed by atoms with Gasteiger partial charge in [0.05, 0.1) is 0 Å². The summed E-state index contributed by atoms with van der Waals surface area (Å²) in [6.07, 6.45) is 1.57. The molecular weight excluding hydrogens is 370 g/mol. The van der Waals surface area contributed by atoms with Crippen molar-refractivity contribution in [3.05, 3.63) is 28.2 Å². The van der Waals surface area contributed by atoms with E-state index >= 15 is 0 Å². The maximum atomic E-state index is 12.2. The fourth-order valence-electron chi connectivity index (χ4n) is 3.59. The molecule has 1 saturated heterocycles. The molecule has 1 aromatic rings. The van der Waals surface area contributed by atoms with E-state index in [1.54, 1.807) is 6.07 Å². The van der Waals surface area contributed by atoms with Gasteiger partial charge in [0.25, 0.3) is 0 Å². The highest BCUT2D eigenvalue weighted by atomic mass is 79.9. The fourth-order valence-corrected chi connectivity index (χ4v) is 3.83. The van der Waals surface area contributed by atoms with Gasteiger partial charge in [-0.1, -0.05) is 15.9 Å². The van der Waals surface area contributed by atoms with E-state index in [-0.39, 0.29) is 17.1 Å². The molecule has 6 heteroatoms. The Morgan fingerprint density at radius 1 is 1.12 bits per heavy atom. The first-order valence-electron chi connectivity index (χ1n) is 8.15. The Kier molecular flexibility index (Phi) is 5.40. The molecule has 0 saturated carbocycles. The van der Waals surface area contributed by atoms with Crippen molar-refractivity contribution in [3.8, 4) is 0 Å². The van der Waals surface area contributed by atoms with Gasteiger partial charge in [0.1, 0.15) is 0 Å². The highest BCUT2D eigenvalue weighted by molar-refractivity contribution is 9.10. The Bertz CT molecular complexity index is 640. The van der Waals surface area contributed by atoms with Crippen molar-refractivity contribution in [2.75, 3.05) is 5.32 Å². The number of carbonyl (C=O) groups is 2. The Morgan fingerprint density at radius 3 is 2.25 bits per heavy atom. The Labute approximate surface area is 152 Å². The minimum absolute atomic E-state index is 0.0267. The van der Waals surface area contributed by atoms with Gasteiger partial charge >= 0.3 is 11.8 Å². The van der Waals surface area contributed by atoms with Crippen molar-refractivity contribution >= 4 is 33.4 Å². The van der Waals surface area contributed by atoms with E-state index in [4.69, 9.17) is 0 Å². The normalized spacial score (nSPS) is 19.6. The minimum Gasteiger partial charge on any atom is -0.345 e. The molecule has 0 radical (unpaired) electrons. The zero-order valence-electron chi connectivity index (χ0n) is 14.9. The van der Waals surface area contributed by atoms with Gasteiger partial charge in [-0.2, -0.15) is 0 Å². The third kappa shape index (κ3) is 5.05. The molecular formula is C18H26BrN3O2. The molecule has 2 rings (SSSR count). The highest BCUT2D eigenvalue weighted by Crippen LogP contribution is 2.28. The molecule has 1 aromatic carbocycles. The van der Waals surface area contributed by atoms with Crippen molar-refractivity contribution in [2.45, 2.75) is 64.6 Å². The van der Waals surface area contributed by atoms with Crippen LogP contribution in [0.25, 0.3) is 0 Å². The zero-order valence-corrected chi connectivity index (χ0v) is 16.5. The highest BCUT2D eigenvalue weighted by Gasteiger charge is 2.38. The zero-order chi connectivity index (χ0) is 18.1. The second-order valence-corrected chi connectivity index (χ2v) is 8.74. The number of hydrogen-bond acceptors (Lipinski definition) is 3. The molecule has 0 bridgehead atoms. The molecule has 24 heavy (non-hydrogen) atoms. The van der Waals surface area contributed by atoms with E-state index in [0.29, 0.717) is 5.69 Å². The molecule has 0 aliphatic carbocycles. The number of halogens is 1. The lowest BCUT2D eigenvalue weighted by Crippen LogP contribution is -2.62. The van der Waals surface area contributed by atoms with Crippen LogP contribution in [0.2, 0.25) is 0 Å². The second-order valence-electron chi connectivity index (χ2n) is 7.89. The molecule has 0 aromatic heterocycles. The smallest absolute Gasteiger partial charge is 0.313 e. The predicted molar refractivity (Wildman–Crippen MR) is 100.0 cm³/mol. The van der Waals surface area contributed by atoms with Crippen molar-refractivity contribution in [2.24, 2.45) is 0 Å². The lowest BCUT2D eigenvalue weighted by atomic mass is 9.79. The lowest BCUT2D eigenvalue weighted by Gasteiger charge is -2.46. The molecule has 1 fully saturated rings. The summed E-state index contributed by atoms with van der Waals surface area (Å²) in [6.45, 7) is 10.4. The second kappa shape index (κ2) is 6.84. The molecule has 0 atom stereocenters. The van der Waals surface area contributed by atoms with Crippen LogP contribution in [0.5, 0.6) is 0 Å². The Balaban J connectivity index is 1.98. The predicted octanol–water partition coefficient (Wildman–Crippen LogP) is 3.12. The van der Waals surface area contributed by atoms with Crippen LogP contribution in [-0.2, 0) is 9.59 Å². The molecule has 1 aliphatic heterocycles.